The van der Waals surface area contributed by atoms with Crippen LogP contribution in [-0.4, -0.2) is 19.7 Å². The fourth-order valence-electron chi connectivity index (χ4n) is 2.13. The van der Waals surface area contributed by atoms with Crippen molar-refractivity contribution in [3.63, 3.8) is 0 Å². The first-order valence-electron chi connectivity index (χ1n) is 7.16. The minimum atomic E-state index is 0.498. The van der Waals surface area contributed by atoms with Crippen molar-refractivity contribution >= 4 is 35.0 Å². The molecule has 0 aliphatic heterocycles. The number of halogens is 2. The highest BCUT2D eigenvalue weighted by Gasteiger charge is 2.17. The van der Waals surface area contributed by atoms with E-state index in [0.29, 0.717) is 38.2 Å². The van der Waals surface area contributed by atoms with Gasteiger partial charge >= 0.3 is 0 Å². The summed E-state index contributed by atoms with van der Waals surface area (Å²) in [7, 11) is 0. The normalized spacial score (nSPS) is 10.4. The van der Waals surface area contributed by atoms with E-state index in [1.54, 1.807) is 30.3 Å². The summed E-state index contributed by atoms with van der Waals surface area (Å²) in [4.78, 5) is 4.25. The second-order valence-electron chi connectivity index (χ2n) is 4.93. The highest BCUT2D eigenvalue weighted by Crippen LogP contribution is 2.33. The van der Waals surface area contributed by atoms with Crippen molar-refractivity contribution < 1.29 is 0 Å². The van der Waals surface area contributed by atoms with E-state index in [1.807, 2.05) is 16.7 Å². The molecule has 0 aliphatic rings. The molecular weight excluding hydrogens is 377 g/mol. The molecule has 0 aliphatic carbocycles. The summed E-state index contributed by atoms with van der Waals surface area (Å²) in [5.74, 6) is 0.623. The first-order valence-corrected chi connectivity index (χ1v) is 8.73. The Morgan fingerprint density at radius 3 is 2.72 bits per heavy atom. The summed E-state index contributed by atoms with van der Waals surface area (Å²) in [6.07, 6.45) is 3.28. The molecule has 3 rings (SSSR count). The highest BCUT2D eigenvalue weighted by atomic mass is 35.5. The van der Waals surface area contributed by atoms with Crippen molar-refractivity contribution in [2.45, 2.75) is 16.7 Å². The number of nitriles is 1. The maximum absolute atomic E-state index is 8.85. The molecule has 1 aromatic carbocycles. The monoisotopic (exact) mass is 387 g/mol. The van der Waals surface area contributed by atoms with Gasteiger partial charge in [-0.2, -0.15) is 5.26 Å². The highest BCUT2D eigenvalue weighted by molar-refractivity contribution is 7.99. The molecular formula is C17H11Cl2N5S. The molecule has 0 N–H and O–H groups in total. The van der Waals surface area contributed by atoms with Crippen LogP contribution in [-0.2, 0) is 6.54 Å². The molecule has 0 fully saturated rings. The van der Waals surface area contributed by atoms with Gasteiger partial charge in [0.1, 0.15) is 11.1 Å². The average Bonchev–Trinajstić information content (AvgIpc) is 2.98. The number of aromatic nitrogens is 4. The maximum atomic E-state index is 8.85. The Kier molecular flexibility index (Phi) is 5.39. The third-order valence-electron chi connectivity index (χ3n) is 3.26. The van der Waals surface area contributed by atoms with Crippen molar-refractivity contribution in [2.75, 3.05) is 0 Å². The van der Waals surface area contributed by atoms with Crippen LogP contribution >= 0.6 is 35.0 Å². The Hall–Kier alpha value is -2.33. The predicted octanol–water partition coefficient (Wildman–Crippen LogP) is 4.86. The number of pyridine rings is 1. The van der Waals surface area contributed by atoms with Crippen LogP contribution in [0.4, 0.5) is 0 Å². The Morgan fingerprint density at radius 1 is 1.24 bits per heavy atom. The van der Waals surface area contributed by atoms with E-state index in [1.165, 1.54) is 18.0 Å². The number of hydrogen-bond donors (Lipinski definition) is 0. The summed E-state index contributed by atoms with van der Waals surface area (Å²) in [6, 6.07) is 10.8. The molecule has 124 valence electrons. The van der Waals surface area contributed by atoms with Gasteiger partial charge in [0.05, 0.1) is 10.6 Å². The number of rotatable bonds is 5. The molecule has 8 heteroatoms. The molecule has 0 spiro atoms. The average molecular weight is 388 g/mol. The lowest BCUT2D eigenvalue weighted by Gasteiger charge is -2.09. The number of allylic oxidation sites excluding steroid dienone is 1. The van der Waals surface area contributed by atoms with Crippen LogP contribution in [0.3, 0.4) is 0 Å². The van der Waals surface area contributed by atoms with E-state index >= 15 is 0 Å². The number of benzene rings is 1. The van der Waals surface area contributed by atoms with Gasteiger partial charge in [-0.15, -0.1) is 16.8 Å². The number of hydrogen-bond acceptors (Lipinski definition) is 5. The minimum absolute atomic E-state index is 0.498. The maximum Gasteiger partial charge on any atom is 0.198 e. The molecule has 0 saturated heterocycles. The molecule has 25 heavy (non-hydrogen) atoms. The summed E-state index contributed by atoms with van der Waals surface area (Å²) in [5.41, 5.74) is 1.24. The Bertz CT molecular complexity index is 960. The van der Waals surface area contributed by atoms with Gasteiger partial charge < -0.3 is 0 Å². The molecule has 0 unspecified atom stereocenters. The third kappa shape index (κ3) is 3.85. The van der Waals surface area contributed by atoms with Crippen LogP contribution < -0.4 is 0 Å². The van der Waals surface area contributed by atoms with Crippen LogP contribution in [0.1, 0.15) is 5.56 Å². The number of nitrogens with zero attached hydrogens (tertiary/aromatic N) is 5. The second-order valence-corrected chi connectivity index (χ2v) is 6.76. The van der Waals surface area contributed by atoms with Crippen molar-refractivity contribution in [3.05, 3.63) is 64.8 Å². The van der Waals surface area contributed by atoms with E-state index < -0.39 is 0 Å². The standard InChI is InChI=1S/C17H11Cl2N5S/c1-2-7-24-16(13-5-4-12(18)8-14(13)19)22-23-17(24)25-15-6-3-11(9-20)10-21-15/h2-6,8,10H,1,7H2. The smallest absolute Gasteiger partial charge is 0.198 e. The van der Waals surface area contributed by atoms with Gasteiger partial charge in [0.15, 0.2) is 11.0 Å². The van der Waals surface area contributed by atoms with Gasteiger partial charge in [-0.05, 0) is 42.1 Å². The Labute approximate surface area is 158 Å². The third-order valence-corrected chi connectivity index (χ3v) is 4.74. The first-order chi connectivity index (χ1) is 12.1. The van der Waals surface area contributed by atoms with E-state index in [4.69, 9.17) is 28.5 Å². The largest absolute Gasteiger partial charge is 0.298 e. The molecule has 0 bridgehead atoms. The lowest BCUT2D eigenvalue weighted by Crippen LogP contribution is -2.01. The van der Waals surface area contributed by atoms with Gasteiger partial charge in [-0.3, -0.25) is 4.57 Å². The van der Waals surface area contributed by atoms with Gasteiger partial charge in [-0.25, -0.2) is 4.98 Å². The van der Waals surface area contributed by atoms with E-state index in [9.17, 15) is 0 Å². The summed E-state index contributed by atoms with van der Waals surface area (Å²) < 4.78 is 1.90. The van der Waals surface area contributed by atoms with Crippen molar-refractivity contribution in [1.82, 2.24) is 19.7 Å². The van der Waals surface area contributed by atoms with Crippen LogP contribution in [0.5, 0.6) is 0 Å². The molecule has 2 aromatic heterocycles. The van der Waals surface area contributed by atoms with E-state index in [0.717, 1.165) is 5.56 Å². The molecule has 0 saturated carbocycles. The SMILES string of the molecule is C=CCn1c(Sc2ccc(C#N)cn2)nnc1-c1ccc(Cl)cc1Cl. The lowest BCUT2D eigenvalue weighted by atomic mass is 10.2. The van der Waals surface area contributed by atoms with Crippen molar-refractivity contribution in [1.29, 1.82) is 5.26 Å². The zero-order chi connectivity index (χ0) is 17.8. The summed E-state index contributed by atoms with van der Waals surface area (Å²) in [5, 5.41) is 19.8. The molecule has 2 heterocycles. The second kappa shape index (κ2) is 7.70. The first kappa shape index (κ1) is 17.5. The fraction of sp³-hybridized carbons (Fsp3) is 0.0588. The molecule has 0 amide bonds. The van der Waals surface area contributed by atoms with Gasteiger partial charge in [0, 0.05) is 23.3 Å². The molecule has 0 radical (unpaired) electrons. The zero-order valence-corrected chi connectivity index (χ0v) is 15.2. The predicted molar refractivity (Wildman–Crippen MR) is 98.8 cm³/mol. The Morgan fingerprint density at radius 2 is 2.08 bits per heavy atom. The van der Waals surface area contributed by atoms with Crippen molar-refractivity contribution in [2.24, 2.45) is 0 Å². The molecule has 3 aromatic rings. The topological polar surface area (TPSA) is 67.4 Å². The summed E-state index contributed by atoms with van der Waals surface area (Å²) in [6.45, 7) is 4.30. The van der Waals surface area contributed by atoms with Crippen LogP contribution in [0.2, 0.25) is 10.0 Å². The quantitative estimate of drug-likeness (QED) is 0.584. The summed E-state index contributed by atoms with van der Waals surface area (Å²) >= 11 is 13.6. The van der Waals surface area contributed by atoms with Gasteiger partial charge in [0.25, 0.3) is 0 Å². The molecule has 0 atom stereocenters. The molecule has 5 nitrogen and oxygen atoms in total. The van der Waals surface area contributed by atoms with Crippen LogP contribution in [0.25, 0.3) is 11.4 Å². The van der Waals surface area contributed by atoms with Crippen molar-refractivity contribution in [3.8, 4) is 17.5 Å². The minimum Gasteiger partial charge on any atom is -0.298 e. The van der Waals surface area contributed by atoms with Crippen LogP contribution in [0.15, 0.2) is 59.4 Å². The Balaban J connectivity index is 1.99. The van der Waals surface area contributed by atoms with Gasteiger partial charge in [-0.1, -0.05) is 29.3 Å². The van der Waals surface area contributed by atoms with E-state index in [2.05, 4.69) is 21.8 Å². The van der Waals surface area contributed by atoms with Crippen LogP contribution in [0, 0.1) is 11.3 Å². The fourth-order valence-corrected chi connectivity index (χ4v) is 3.40. The lowest BCUT2D eigenvalue weighted by molar-refractivity contribution is 0.730. The zero-order valence-electron chi connectivity index (χ0n) is 12.9. The van der Waals surface area contributed by atoms with Gasteiger partial charge in [0.2, 0.25) is 0 Å². The van der Waals surface area contributed by atoms with E-state index in [-0.39, 0.29) is 0 Å².